The first-order valence-electron chi connectivity index (χ1n) is 7.82. The molecule has 0 radical (unpaired) electrons. The number of nitrogens with zero attached hydrogens (tertiary/aromatic N) is 2. The average Bonchev–Trinajstić information content (AvgIpc) is 3.04. The molecule has 1 aromatic heterocycles. The summed E-state index contributed by atoms with van der Waals surface area (Å²) in [6, 6.07) is 0. The van der Waals surface area contributed by atoms with Crippen molar-refractivity contribution in [3.05, 3.63) is 27.9 Å². The molecule has 3 rings (SSSR count). The summed E-state index contributed by atoms with van der Waals surface area (Å²) < 4.78 is 5.30. The van der Waals surface area contributed by atoms with Crippen molar-refractivity contribution in [2.24, 2.45) is 0 Å². The highest BCUT2D eigenvalue weighted by molar-refractivity contribution is 7.09. The summed E-state index contributed by atoms with van der Waals surface area (Å²) in [5, 5.41) is 3.34. The predicted molar refractivity (Wildman–Crippen MR) is 83.3 cm³/mol. The van der Waals surface area contributed by atoms with Crippen LogP contribution in [-0.4, -0.2) is 35.5 Å². The molecule has 0 aromatic carbocycles. The molecule has 0 N–H and O–H groups in total. The maximum Gasteiger partial charge on any atom is 0.252 e. The maximum absolute atomic E-state index is 12.6. The molecule has 0 unspecified atom stereocenters. The van der Waals surface area contributed by atoms with Gasteiger partial charge < -0.3 is 9.64 Å². The Morgan fingerprint density at radius 1 is 1.52 bits per heavy atom. The van der Waals surface area contributed by atoms with E-state index in [1.807, 2.05) is 4.90 Å². The van der Waals surface area contributed by atoms with Crippen molar-refractivity contribution in [1.29, 1.82) is 0 Å². The molecule has 0 bridgehead atoms. The average molecular weight is 306 g/mol. The summed E-state index contributed by atoms with van der Waals surface area (Å²) in [7, 11) is 0. The van der Waals surface area contributed by atoms with Crippen LogP contribution in [0, 0.1) is 0 Å². The quantitative estimate of drug-likeness (QED) is 0.862. The van der Waals surface area contributed by atoms with Crippen LogP contribution in [-0.2, 0) is 16.0 Å². The van der Waals surface area contributed by atoms with Crippen molar-refractivity contribution in [1.82, 2.24) is 9.88 Å². The third kappa shape index (κ3) is 3.28. The van der Waals surface area contributed by atoms with Gasteiger partial charge in [0, 0.05) is 24.4 Å². The van der Waals surface area contributed by atoms with Crippen LogP contribution in [0.4, 0.5) is 0 Å². The number of hydrogen-bond acceptors (Lipinski definition) is 4. The Kier molecular flexibility index (Phi) is 4.58. The van der Waals surface area contributed by atoms with E-state index in [1.165, 1.54) is 10.7 Å². The van der Waals surface area contributed by atoms with Gasteiger partial charge >= 0.3 is 0 Å². The molecule has 21 heavy (non-hydrogen) atoms. The summed E-state index contributed by atoms with van der Waals surface area (Å²) in [6.45, 7) is 4.52. The first-order chi connectivity index (χ1) is 10.3. The molecule has 3 heterocycles. The van der Waals surface area contributed by atoms with E-state index in [4.69, 9.17) is 9.72 Å². The predicted octanol–water partition coefficient (Wildman–Crippen LogP) is 3.11. The zero-order valence-corrected chi connectivity index (χ0v) is 13.3. The van der Waals surface area contributed by atoms with Crippen LogP contribution in [0.2, 0.25) is 0 Å². The van der Waals surface area contributed by atoms with Crippen molar-refractivity contribution in [2.45, 2.75) is 44.9 Å². The van der Waals surface area contributed by atoms with E-state index in [-0.39, 0.29) is 5.91 Å². The van der Waals surface area contributed by atoms with Crippen LogP contribution in [0.15, 0.2) is 17.2 Å². The van der Waals surface area contributed by atoms with Gasteiger partial charge in [0.1, 0.15) is 0 Å². The second kappa shape index (κ2) is 6.60. The van der Waals surface area contributed by atoms with E-state index < -0.39 is 0 Å². The first-order valence-corrected chi connectivity index (χ1v) is 8.70. The summed E-state index contributed by atoms with van der Waals surface area (Å²) >= 11 is 1.74. The number of aromatic nitrogens is 1. The fraction of sp³-hybridized carbons (Fsp3) is 0.625. The Labute approximate surface area is 129 Å². The SMILES string of the molecule is CCc1csc([C@H]2CCCN(C(=O)C3=COCCC3)C2)n1. The molecule has 0 spiro atoms. The molecule has 1 atom stereocenters. The Hall–Kier alpha value is -1.36. The van der Waals surface area contributed by atoms with Crippen molar-refractivity contribution in [3.8, 4) is 0 Å². The zero-order valence-electron chi connectivity index (χ0n) is 12.5. The van der Waals surface area contributed by atoms with E-state index in [1.54, 1.807) is 17.6 Å². The fourth-order valence-corrected chi connectivity index (χ4v) is 3.99. The number of hydrogen-bond donors (Lipinski definition) is 0. The second-order valence-corrected chi connectivity index (χ2v) is 6.63. The van der Waals surface area contributed by atoms with Crippen molar-refractivity contribution < 1.29 is 9.53 Å². The topological polar surface area (TPSA) is 42.4 Å². The number of carbonyl (C=O) groups is 1. The van der Waals surface area contributed by atoms with Crippen molar-refractivity contribution >= 4 is 17.2 Å². The molecule has 0 aliphatic carbocycles. The van der Waals surface area contributed by atoms with Crippen LogP contribution < -0.4 is 0 Å². The normalized spacial score (nSPS) is 22.6. The lowest BCUT2D eigenvalue weighted by Gasteiger charge is -2.32. The van der Waals surface area contributed by atoms with Gasteiger partial charge in [-0.2, -0.15) is 0 Å². The third-order valence-electron chi connectivity index (χ3n) is 4.20. The lowest BCUT2D eigenvalue weighted by Crippen LogP contribution is -2.40. The summed E-state index contributed by atoms with van der Waals surface area (Å²) in [5.74, 6) is 0.560. The van der Waals surface area contributed by atoms with Gasteiger partial charge in [0.2, 0.25) is 0 Å². The number of likely N-dealkylation sites (tertiary alicyclic amines) is 1. The van der Waals surface area contributed by atoms with Gasteiger partial charge in [-0.25, -0.2) is 4.98 Å². The fourth-order valence-electron chi connectivity index (χ4n) is 2.96. The van der Waals surface area contributed by atoms with E-state index in [0.717, 1.165) is 57.4 Å². The molecule has 1 aromatic rings. The van der Waals surface area contributed by atoms with E-state index in [0.29, 0.717) is 5.92 Å². The molecule has 1 amide bonds. The van der Waals surface area contributed by atoms with Crippen LogP contribution in [0.5, 0.6) is 0 Å². The van der Waals surface area contributed by atoms with Gasteiger partial charge in [-0.15, -0.1) is 11.3 Å². The maximum atomic E-state index is 12.6. The molecule has 2 aliphatic rings. The monoisotopic (exact) mass is 306 g/mol. The largest absolute Gasteiger partial charge is 0.501 e. The second-order valence-electron chi connectivity index (χ2n) is 5.74. The highest BCUT2D eigenvalue weighted by atomic mass is 32.1. The first kappa shape index (κ1) is 14.6. The van der Waals surface area contributed by atoms with Crippen LogP contribution >= 0.6 is 11.3 Å². The number of thiazole rings is 1. The Bertz CT molecular complexity index is 538. The zero-order chi connectivity index (χ0) is 14.7. The summed E-state index contributed by atoms with van der Waals surface area (Å²) in [6.07, 6.45) is 6.63. The van der Waals surface area contributed by atoms with Gasteiger partial charge in [-0.05, 0) is 32.1 Å². The molecule has 114 valence electrons. The number of rotatable bonds is 3. The van der Waals surface area contributed by atoms with E-state index in [9.17, 15) is 4.79 Å². The van der Waals surface area contributed by atoms with E-state index in [2.05, 4.69) is 12.3 Å². The van der Waals surface area contributed by atoms with Crippen LogP contribution in [0.3, 0.4) is 0 Å². The van der Waals surface area contributed by atoms with Gasteiger partial charge in [-0.1, -0.05) is 6.92 Å². The Morgan fingerprint density at radius 3 is 3.14 bits per heavy atom. The molecule has 4 nitrogen and oxygen atoms in total. The lowest BCUT2D eigenvalue weighted by molar-refractivity contribution is -0.128. The Balaban J connectivity index is 1.67. The minimum absolute atomic E-state index is 0.159. The molecular formula is C16H22N2O2S. The molecule has 1 fully saturated rings. The number of piperidine rings is 1. The minimum atomic E-state index is 0.159. The van der Waals surface area contributed by atoms with Crippen molar-refractivity contribution in [3.63, 3.8) is 0 Å². The van der Waals surface area contributed by atoms with Gasteiger partial charge in [-0.3, -0.25) is 4.79 Å². The molecule has 0 saturated carbocycles. The number of amides is 1. The summed E-state index contributed by atoms with van der Waals surface area (Å²) in [4.78, 5) is 19.2. The minimum Gasteiger partial charge on any atom is -0.501 e. The number of aryl methyl sites for hydroxylation is 1. The van der Waals surface area contributed by atoms with E-state index >= 15 is 0 Å². The summed E-state index contributed by atoms with van der Waals surface area (Å²) in [5.41, 5.74) is 2.00. The van der Waals surface area contributed by atoms with Gasteiger partial charge in [0.05, 0.1) is 29.1 Å². The lowest BCUT2D eigenvalue weighted by atomic mass is 9.97. The molecular weight excluding hydrogens is 284 g/mol. The molecule has 1 saturated heterocycles. The standard InChI is InChI=1S/C16H22N2O2S/c1-2-14-11-21-15(17-14)12-5-3-7-18(9-12)16(19)13-6-4-8-20-10-13/h10-12H,2-9H2,1H3/t12-/m0/s1. The Morgan fingerprint density at radius 2 is 2.43 bits per heavy atom. The van der Waals surface area contributed by atoms with Gasteiger partial charge in [0.25, 0.3) is 5.91 Å². The number of carbonyl (C=O) groups excluding carboxylic acids is 1. The molecule has 2 aliphatic heterocycles. The van der Waals surface area contributed by atoms with Crippen LogP contribution in [0.25, 0.3) is 0 Å². The van der Waals surface area contributed by atoms with Gasteiger partial charge in [0.15, 0.2) is 0 Å². The smallest absolute Gasteiger partial charge is 0.252 e. The molecule has 5 heteroatoms. The highest BCUT2D eigenvalue weighted by Gasteiger charge is 2.28. The highest BCUT2D eigenvalue weighted by Crippen LogP contribution is 2.30. The third-order valence-corrected chi connectivity index (χ3v) is 5.25. The number of ether oxygens (including phenoxy) is 1. The van der Waals surface area contributed by atoms with Crippen molar-refractivity contribution in [2.75, 3.05) is 19.7 Å². The van der Waals surface area contributed by atoms with Crippen LogP contribution in [0.1, 0.15) is 49.2 Å².